The molecule has 178 valence electrons. The maximum atomic E-state index is 13.2. The summed E-state index contributed by atoms with van der Waals surface area (Å²) in [7, 11) is 1.62. The van der Waals surface area contributed by atoms with Crippen molar-refractivity contribution in [2.75, 3.05) is 13.7 Å². The van der Waals surface area contributed by atoms with Crippen molar-refractivity contribution in [3.8, 4) is 11.5 Å². The maximum Gasteiger partial charge on any atom is 0.261 e. The Morgan fingerprint density at radius 3 is 2.30 bits per heavy atom. The molecule has 0 radical (unpaired) electrons. The lowest BCUT2D eigenvalue weighted by molar-refractivity contribution is -0.142. The SMILES string of the molecule is COc1ccc(CN(C(=O)COc2ccc(C)c(C)c2)[C@H](C)C(=O)NC2CCCCC2)cc1. The van der Waals surface area contributed by atoms with E-state index in [2.05, 4.69) is 5.32 Å². The highest BCUT2D eigenvalue weighted by Crippen LogP contribution is 2.20. The van der Waals surface area contributed by atoms with E-state index < -0.39 is 6.04 Å². The summed E-state index contributed by atoms with van der Waals surface area (Å²) in [6, 6.07) is 12.9. The first-order valence-corrected chi connectivity index (χ1v) is 11.8. The van der Waals surface area contributed by atoms with Gasteiger partial charge in [-0.3, -0.25) is 9.59 Å². The molecule has 0 heterocycles. The minimum absolute atomic E-state index is 0.116. The third-order valence-corrected chi connectivity index (χ3v) is 6.47. The molecule has 1 N–H and O–H groups in total. The number of aryl methyl sites for hydroxylation is 2. The Balaban J connectivity index is 1.71. The first-order valence-electron chi connectivity index (χ1n) is 11.8. The van der Waals surface area contributed by atoms with Crippen LogP contribution in [0.4, 0.5) is 0 Å². The van der Waals surface area contributed by atoms with Crippen molar-refractivity contribution >= 4 is 11.8 Å². The van der Waals surface area contributed by atoms with Crippen LogP contribution >= 0.6 is 0 Å². The maximum absolute atomic E-state index is 13.2. The van der Waals surface area contributed by atoms with E-state index in [0.29, 0.717) is 12.3 Å². The van der Waals surface area contributed by atoms with Gasteiger partial charge in [-0.25, -0.2) is 0 Å². The van der Waals surface area contributed by atoms with E-state index in [4.69, 9.17) is 9.47 Å². The molecule has 0 spiro atoms. The molecule has 0 unspecified atom stereocenters. The fourth-order valence-corrected chi connectivity index (χ4v) is 4.11. The molecule has 2 aromatic rings. The number of hydrogen-bond donors (Lipinski definition) is 1. The normalized spacial score (nSPS) is 14.9. The number of ether oxygens (including phenoxy) is 2. The molecule has 2 amide bonds. The smallest absolute Gasteiger partial charge is 0.261 e. The van der Waals surface area contributed by atoms with Gasteiger partial charge in [-0.1, -0.05) is 37.5 Å². The first-order chi connectivity index (χ1) is 15.9. The van der Waals surface area contributed by atoms with Gasteiger partial charge in [-0.2, -0.15) is 0 Å². The molecular weight excluding hydrogens is 416 g/mol. The molecule has 1 aliphatic carbocycles. The minimum atomic E-state index is -0.607. The van der Waals surface area contributed by atoms with Crippen LogP contribution in [0.5, 0.6) is 11.5 Å². The molecule has 3 rings (SSSR count). The largest absolute Gasteiger partial charge is 0.497 e. The van der Waals surface area contributed by atoms with Gasteiger partial charge in [0, 0.05) is 12.6 Å². The van der Waals surface area contributed by atoms with Crippen molar-refractivity contribution in [2.45, 2.75) is 71.5 Å². The van der Waals surface area contributed by atoms with Crippen molar-refractivity contribution in [3.63, 3.8) is 0 Å². The summed E-state index contributed by atoms with van der Waals surface area (Å²) in [5.41, 5.74) is 3.20. The molecular formula is C27H36N2O4. The lowest BCUT2D eigenvalue weighted by Crippen LogP contribution is -2.51. The van der Waals surface area contributed by atoms with Crippen LogP contribution in [0.15, 0.2) is 42.5 Å². The predicted octanol–water partition coefficient (Wildman–Crippen LogP) is 4.56. The molecule has 0 aromatic heterocycles. The zero-order valence-corrected chi connectivity index (χ0v) is 20.2. The van der Waals surface area contributed by atoms with E-state index in [1.807, 2.05) is 56.3 Å². The van der Waals surface area contributed by atoms with Gasteiger partial charge in [0.05, 0.1) is 7.11 Å². The molecule has 33 heavy (non-hydrogen) atoms. The molecule has 0 aliphatic heterocycles. The quantitative estimate of drug-likeness (QED) is 0.606. The Bertz CT molecular complexity index is 936. The van der Waals surface area contributed by atoms with Crippen LogP contribution in [-0.2, 0) is 16.1 Å². The minimum Gasteiger partial charge on any atom is -0.497 e. The molecule has 0 bridgehead atoms. The summed E-state index contributed by atoms with van der Waals surface area (Å²) >= 11 is 0. The summed E-state index contributed by atoms with van der Waals surface area (Å²) in [5, 5.41) is 3.15. The van der Waals surface area contributed by atoms with E-state index in [1.54, 1.807) is 18.9 Å². The summed E-state index contributed by atoms with van der Waals surface area (Å²) in [5.74, 6) is 1.05. The molecule has 1 saturated carbocycles. The zero-order valence-electron chi connectivity index (χ0n) is 20.2. The van der Waals surface area contributed by atoms with Crippen molar-refractivity contribution in [3.05, 3.63) is 59.2 Å². The van der Waals surface area contributed by atoms with E-state index in [0.717, 1.165) is 42.6 Å². The van der Waals surface area contributed by atoms with E-state index in [-0.39, 0.29) is 24.5 Å². The fraction of sp³-hybridized carbons (Fsp3) is 0.481. The van der Waals surface area contributed by atoms with Crippen LogP contribution in [-0.4, -0.2) is 42.5 Å². The van der Waals surface area contributed by atoms with Crippen LogP contribution in [0.1, 0.15) is 55.7 Å². The molecule has 1 atom stereocenters. The lowest BCUT2D eigenvalue weighted by atomic mass is 9.95. The van der Waals surface area contributed by atoms with Gasteiger partial charge in [-0.15, -0.1) is 0 Å². The van der Waals surface area contributed by atoms with Gasteiger partial charge < -0.3 is 19.7 Å². The number of benzene rings is 2. The van der Waals surface area contributed by atoms with Crippen LogP contribution in [0, 0.1) is 13.8 Å². The van der Waals surface area contributed by atoms with Crippen molar-refractivity contribution in [2.24, 2.45) is 0 Å². The van der Waals surface area contributed by atoms with Crippen LogP contribution < -0.4 is 14.8 Å². The Labute approximate surface area is 197 Å². The number of methoxy groups -OCH3 is 1. The average Bonchev–Trinajstić information content (AvgIpc) is 2.83. The van der Waals surface area contributed by atoms with Crippen LogP contribution in [0.3, 0.4) is 0 Å². The van der Waals surface area contributed by atoms with Gasteiger partial charge >= 0.3 is 0 Å². The summed E-state index contributed by atoms with van der Waals surface area (Å²) in [6.45, 7) is 6.03. The zero-order chi connectivity index (χ0) is 23.8. The highest BCUT2D eigenvalue weighted by Gasteiger charge is 2.28. The van der Waals surface area contributed by atoms with E-state index in [1.165, 1.54) is 12.0 Å². The third kappa shape index (κ3) is 6.98. The Hall–Kier alpha value is -3.02. The number of rotatable bonds is 9. The monoisotopic (exact) mass is 452 g/mol. The Morgan fingerprint density at radius 2 is 1.67 bits per heavy atom. The summed E-state index contributed by atoms with van der Waals surface area (Å²) < 4.78 is 11.0. The Kier molecular flexibility index (Phi) is 8.75. The van der Waals surface area contributed by atoms with Gasteiger partial charge in [0.2, 0.25) is 5.91 Å². The van der Waals surface area contributed by atoms with Crippen molar-refractivity contribution < 1.29 is 19.1 Å². The molecule has 1 fully saturated rings. The first kappa shape index (κ1) is 24.6. The Morgan fingerprint density at radius 1 is 1.00 bits per heavy atom. The molecule has 6 nitrogen and oxygen atoms in total. The number of hydrogen-bond acceptors (Lipinski definition) is 4. The number of carbonyl (C=O) groups excluding carboxylic acids is 2. The number of nitrogens with one attached hydrogen (secondary N) is 1. The highest BCUT2D eigenvalue weighted by molar-refractivity contribution is 5.88. The van der Waals surface area contributed by atoms with Crippen molar-refractivity contribution in [1.29, 1.82) is 0 Å². The lowest BCUT2D eigenvalue weighted by Gasteiger charge is -2.31. The summed E-state index contributed by atoms with van der Waals surface area (Å²) in [6.07, 6.45) is 5.50. The molecule has 0 saturated heterocycles. The van der Waals surface area contributed by atoms with Crippen LogP contribution in [0.2, 0.25) is 0 Å². The number of nitrogens with zero attached hydrogens (tertiary/aromatic N) is 1. The number of amides is 2. The fourth-order valence-electron chi connectivity index (χ4n) is 4.11. The second kappa shape index (κ2) is 11.7. The molecule has 1 aliphatic rings. The van der Waals surface area contributed by atoms with Gasteiger partial charge in [-0.05, 0) is 74.6 Å². The van der Waals surface area contributed by atoms with Crippen molar-refractivity contribution in [1.82, 2.24) is 10.2 Å². The second-order valence-corrected chi connectivity index (χ2v) is 8.92. The molecule has 2 aromatic carbocycles. The van der Waals surface area contributed by atoms with Gasteiger partial charge in [0.25, 0.3) is 5.91 Å². The van der Waals surface area contributed by atoms with E-state index >= 15 is 0 Å². The number of carbonyl (C=O) groups is 2. The summed E-state index contributed by atoms with van der Waals surface area (Å²) in [4.78, 5) is 27.9. The predicted molar refractivity (Wildman–Crippen MR) is 129 cm³/mol. The standard InChI is InChI=1S/C27H36N2O4/c1-19-10-13-25(16-20(19)2)33-18-26(30)29(17-22-11-14-24(32-4)15-12-22)21(3)27(31)28-23-8-6-5-7-9-23/h10-16,21,23H,5-9,17-18H2,1-4H3,(H,28,31)/t21-/m1/s1. The van der Waals surface area contributed by atoms with Crippen LogP contribution in [0.25, 0.3) is 0 Å². The third-order valence-electron chi connectivity index (χ3n) is 6.47. The molecule has 6 heteroatoms. The second-order valence-electron chi connectivity index (χ2n) is 8.92. The highest BCUT2D eigenvalue weighted by atomic mass is 16.5. The topological polar surface area (TPSA) is 67.9 Å². The average molecular weight is 453 g/mol. The van der Waals surface area contributed by atoms with Gasteiger partial charge in [0.15, 0.2) is 6.61 Å². The van der Waals surface area contributed by atoms with Gasteiger partial charge in [0.1, 0.15) is 17.5 Å². The van der Waals surface area contributed by atoms with E-state index in [9.17, 15) is 9.59 Å².